The molecule has 0 bridgehead atoms. The minimum Gasteiger partial charge on any atom is -0.320 e. The fourth-order valence-electron chi connectivity index (χ4n) is 1.84. The van der Waals surface area contributed by atoms with Crippen LogP contribution >= 0.6 is 23.4 Å². The largest absolute Gasteiger partial charge is 0.320 e. The molecule has 0 unspecified atom stereocenters. The number of carbonyl (C=O) groups excluding carboxylic acids is 1. The predicted octanol–water partition coefficient (Wildman–Crippen LogP) is 4.43. The Balaban J connectivity index is 1.99. The molecule has 0 saturated carbocycles. The molecular weight excluding hydrogens is 278 g/mol. The van der Waals surface area contributed by atoms with Crippen molar-refractivity contribution in [3.8, 4) is 0 Å². The summed E-state index contributed by atoms with van der Waals surface area (Å²) >= 11 is 7.56. The number of amides is 1. The fraction of sp³-hybridized carbons (Fsp3) is 0. The summed E-state index contributed by atoms with van der Waals surface area (Å²) in [4.78, 5) is 13.7. The zero-order valence-electron chi connectivity index (χ0n) is 9.89. The molecule has 1 heterocycles. The van der Waals surface area contributed by atoms with Crippen molar-refractivity contribution in [2.24, 2.45) is 0 Å². The third-order valence-corrected chi connectivity index (χ3v) is 4.21. The van der Waals surface area contributed by atoms with E-state index >= 15 is 0 Å². The quantitative estimate of drug-likeness (QED) is 0.786. The van der Waals surface area contributed by atoms with Gasteiger partial charge >= 0.3 is 0 Å². The van der Waals surface area contributed by atoms with Gasteiger partial charge in [-0.2, -0.15) is 0 Å². The Morgan fingerprint density at radius 3 is 2.63 bits per heavy atom. The average Bonchev–Trinajstić information content (AvgIpc) is 2.42. The van der Waals surface area contributed by atoms with E-state index in [9.17, 15) is 4.79 Å². The molecule has 2 aromatic carbocycles. The van der Waals surface area contributed by atoms with E-state index < -0.39 is 0 Å². The van der Waals surface area contributed by atoms with Crippen molar-refractivity contribution < 1.29 is 4.79 Å². The molecule has 3 rings (SSSR count). The van der Waals surface area contributed by atoms with Gasteiger partial charge in [-0.3, -0.25) is 4.79 Å². The maximum absolute atomic E-state index is 12.0. The molecule has 0 fully saturated rings. The molecule has 0 atom stereocenters. The second-order valence-corrected chi connectivity index (χ2v) is 5.57. The molecule has 1 aliphatic rings. The van der Waals surface area contributed by atoms with Crippen LogP contribution in [0.4, 0.5) is 5.69 Å². The summed E-state index contributed by atoms with van der Waals surface area (Å²) in [6.45, 7) is 0. The number of carbonyl (C=O) groups is 1. The third kappa shape index (κ3) is 2.53. The number of hydrogen-bond acceptors (Lipinski definition) is 2. The molecule has 2 nitrogen and oxygen atoms in total. The highest BCUT2D eigenvalue weighted by atomic mass is 35.5. The van der Waals surface area contributed by atoms with Crippen LogP contribution in [0.2, 0.25) is 5.02 Å². The summed E-state index contributed by atoms with van der Waals surface area (Å²) < 4.78 is 0. The topological polar surface area (TPSA) is 29.1 Å². The molecule has 1 N–H and O–H groups in total. The molecule has 94 valence electrons. The van der Waals surface area contributed by atoms with Crippen LogP contribution in [0.5, 0.6) is 0 Å². The maximum atomic E-state index is 12.0. The molecule has 4 heteroatoms. The second kappa shape index (κ2) is 5.11. The van der Waals surface area contributed by atoms with Gasteiger partial charge in [-0.25, -0.2) is 0 Å². The average molecular weight is 288 g/mol. The van der Waals surface area contributed by atoms with Crippen LogP contribution in [-0.4, -0.2) is 5.91 Å². The minimum atomic E-state index is -0.0939. The lowest BCUT2D eigenvalue weighted by Gasteiger charge is -2.18. The van der Waals surface area contributed by atoms with Crippen LogP contribution in [0, 0.1) is 0 Å². The number of thioether (sulfide) groups is 1. The van der Waals surface area contributed by atoms with Gasteiger partial charge in [0.05, 0.1) is 10.6 Å². The standard InChI is InChI=1S/C15H10ClNOS/c16-11-6-2-1-5-10(11)9-14-15(18)17-12-7-3-4-8-13(12)19-14/h1-9H,(H,17,18). The van der Waals surface area contributed by atoms with Crippen LogP contribution in [0.25, 0.3) is 6.08 Å². The SMILES string of the molecule is O=C1Nc2ccccc2SC1=Cc1ccccc1Cl. The van der Waals surface area contributed by atoms with E-state index in [4.69, 9.17) is 11.6 Å². The molecule has 2 aromatic rings. The van der Waals surface area contributed by atoms with Gasteiger partial charge in [0.1, 0.15) is 0 Å². The monoisotopic (exact) mass is 287 g/mol. The van der Waals surface area contributed by atoms with Crippen molar-refractivity contribution in [3.63, 3.8) is 0 Å². The van der Waals surface area contributed by atoms with Gasteiger partial charge in [0, 0.05) is 9.92 Å². The zero-order valence-corrected chi connectivity index (χ0v) is 11.5. The summed E-state index contributed by atoms with van der Waals surface area (Å²) in [5, 5.41) is 3.52. The predicted molar refractivity (Wildman–Crippen MR) is 80.4 cm³/mol. The molecule has 0 saturated heterocycles. The lowest BCUT2D eigenvalue weighted by molar-refractivity contribution is -0.112. The number of halogens is 1. The summed E-state index contributed by atoms with van der Waals surface area (Å²) in [6.07, 6.45) is 1.82. The number of benzene rings is 2. The summed E-state index contributed by atoms with van der Waals surface area (Å²) in [5.74, 6) is -0.0939. The van der Waals surface area contributed by atoms with Crippen molar-refractivity contribution >= 4 is 41.0 Å². The highest BCUT2D eigenvalue weighted by molar-refractivity contribution is 8.04. The Kier molecular flexibility index (Phi) is 3.32. The zero-order chi connectivity index (χ0) is 13.2. The van der Waals surface area contributed by atoms with Crippen LogP contribution in [-0.2, 0) is 4.79 Å². The molecule has 0 aromatic heterocycles. The number of hydrogen-bond donors (Lipinski definition) is 1. The van der Waals surface area contributed by atoms with Crippen LogP contribution < -0.4 is 5.32 Å². The Morgan fingerprint density at radius 1 is 1.05 bits per heavy atom. The first-order valence-corrected chi connectivity index (χ1v) is 6.98. The number of para-hydroxylation sites is 1. The number of nitrogens with one attached hydrogen (secondary N) is 1. The van der Waals surface area contributed by atoms with Gasteiger partial charge in [-0.05, 0) is 29.8 Å². The van der Waals surface area contributed by atoms with E-state index in [0.29, 0.717) is 9.93 Å². The van der Waals surface area contributed by atoms with Crippen LogP contribution in [0.3, 0.4) is 0 Å². The first-order valence-electron chi connectivity index (χ1n) is 5.78. The van der Waals surface area contributed by atoms with Gasteiger partial charge in [0.25, 0.3) is 5.91 Å². The first kappa shape index (κ1) is 12.3. The Morgan fingerprint density at radius 2 is 1.79 bits per heavy atom. The van der Waals surface area contributed by atoms with Gasteiger partial charge < -0.3 is 5.32 Å². The Hall–Kier alpha value is -1.71. The Bertz CT molecular complexity index is 681. The lowest BCUT2D eigenvalue weighted by Crippen LogP contribution is -2.17. The molecule has 0 radical (unpaired) electrons. The molecule has 1 amide bonds. The van der Waals surface area contributed by atoms with Gasteiger partial charge in [0.15, 0.2) is 0 Å². The lowest BCUT2D eigenvalue weighted by atomic mass is 10.2. The van der Waals surface area contributed by atoms with E-state index in [1.54, 1.807) is 0 Å². The van der Waals surface area contributed by atoms with Crippen molar-refractivity contribution in [2.75, 3.05) is 5.32 Å². The van der Waals surface area contributed by atoms with Crippen molar-refractivity contribution in [1.29, 1.82) is 0 Å². The summed E-state index contributed by atoms with van der Waals surface area (Å²) in [5.41, 5.74) is 1.70. The van der Waals surface area contributed by atoms with E-state index in [0.717, 1.165) is 16.1 Å². The number of fused-ring (bicyclic) bond motifs is 1. The molecule has 1 aliphatic heterocycles. The van der Waals surface area contributed by atoms with E-state index in [2.05, 4.69) is 5.32 Å². The fourth-order valence-corrected chi connectivity index (χ4v) is 2.97. The molecule has 0 aliphatic carbocycles. The van der Waals surface area contributed by atoms with Gasteiger partial charge in [-0.15, -0.1) is 0 Å². The van der Waals surface area contributed by atoms with E-state index in [1.165, 1.54) is 11.8 Å². The van der Waals surface area contributed by atoms with Crippen LogP contribution in [0.15, 0.2) is 58.3 Å². The highest BCUT2D eigenvalue weighted by Crippen LogP contribution is 2.38. The van der Waals surface area contributed by atoms with Crippen molar-refractivity contribution in [2.45, 2.75) is 4.90 Å². The van der Waals surface area contributed by atoms with Crippen molar-refractivity contribution in [3.05, 3.63) is 64.0 Å². The third-order valence-electron chi connectivity index (χ3n) is 2.77. The first-order chi connectivity index (χ1) is 9.24. The molecular formula is C15H10ClNOS. The normalized spacial score (nSPS) is 16.1. The maximum Gasteiger partial charge on any atom is 0.262 e. The van der Waals surface area contributed by atoms with E-state index in [-0.39, 0.29) is 5.91 Å². The Labute approximate surface area is 120 Å². The van der Waals surface area contributed by atoms with Crippen LogP contribution in [0.1, 0.15) is 5.56 Å². The summed E-state index contributed by atoms with van der Waals surface area (Å²) in [6, 6.07) is 15.2. The van der Waals surface area contributed by atoms with Crippen molar-refractivity contribution in [1.82, 2.24) is 0 Å². The van der Waals surface area contributed by atoms with Gasteiger partial charge in [-0.1, -0.05) is 53.7 Å². The minimum absolute atomic E-state index is 0.0939. The number of rotatable bonds is 1. The van der Waals surface area contributed by atoms with E-state index in [1.807, 2.05) is 54.6 Å². The smallest absolute Gasteiger partial charge is 0.262 e. The molecule has 0 spiro atoms. The van der Waals surface area contributed by atoms with Gasteiger partial charge in [0.2, 0.25) is 0 Å². The second-order valence-electron chi connectivity index (χ2n) is 4.08. The summed E-state index contributed by atoms with van der Waals surface area (Å²) in [7, 11) is 0. The number of anilines is 1. The molecule has 19 heavy (non-hydrogen) atoms. The highest BCUT2D eigenvalue weighted by Gasteiger charge is 2.20.